The summed E-state index contributed by atoms with van der Waals surface area (Å²) in [5, 5.41) is 15.0. The standard InChI is InChI=1S/C18H22ClN3O2/c1-12-10-15(20-22(12)16-8-4-3-7-14(16)19)18(24)21(2)11-13-6-5-9-17(13)23/h3-4,7-8,10,13,17,23H,5-6,9,11H2,1-2H3. The van der Waals surface area contributed by atoms with Gasteiger partial charge in [0.2, 0.25) is 0 Å². The van der Waals surface area contributed by atoms with Gasteiger partial charge in [0, 0.05) is 25.2 Å². The molecule has 1 fully saturated rings. The summed E-state index contributed by atoms with van der Waals surface area (Å²) in [5.41, 5.74) is 1.99. The molecule has 128 valence electrons. The van der Waals surface area contributed by atoms with Gasteiger partial charge in [-0.1, -0.05) is 30.2 Å². The highest BCUT2D eigenvalue weighted by molar-refractivity contribution is 6.32. The van der Waals surface area contributed by atoms with Crippen molar-refractivity contribution in [2.45, 2.75) is 32.3 Å². The van der Waals surface area contributed by atoms with E-state index < -0.39 is 0 Å². The van der Waals surface area contributed by atoms with Crippen molar-refractivity contribution in [1.29, 1.82) is 0 Å². The maximum absolute atomic E-state index is 12.7. The van der Waals surface area contributed by atoms with Gasteiger partial charge in [-0.25, -0.2) is 4.68 Å². The number of hydrogen-bond donors (Lipinski definition) is 1. The monoisotopic (exact) mass is 347 g/mol. The second-order valence-electron chi connectivity index (χ2n) is 6.48. The fourth-order valence-electron chi connectivity index (χ4n) is 3.31. The van der Waals surface area contributed by atoms with Gasteiger partial charge in [0.15, 0.2) is 5.69 Å². The molecule has 24 heavy (non-hydrogen) atoms. The molecule has 0 bridgehead atoms. The van der Waals surface area contributed by atoms with Gasteiger partial charge in [0.1, 0.15) is 0 Å². The molecule has 1 saturated carbocycles. The number of rotatable bonds is 4. The van der Waals surface area contributed by atoms with E-state index in [0.717, 1.165) is 30.6 Å². The molecule has 1 amide bonds. The van der Waals surface area contributed by atoms with Crippen LogP contribution in [0.2, 0.25) is 5.02 Å². The van der Waals surface area contributed by atoms with Crippen LogP contribution in [-0.4, -0.2) is 45.4 Å². The highest BCUT2D eigenvalue weighted by Gasteiger charge is 2.28. The first-order chi connectivity index (χ1) is 11.5. The molecule has 1 heterocycles. The van der Waals surface area contributed by atoms with Crippen molar-refractivity contribution in [2.24, 2.45) is 5.92 Å². The largest absolute Gasteiger partial charge is 0.393 e. The zero-order valence-corrected chi connectivity index (χ0v) is 14.7. The van der Waals surface area contributed by atoms with E-state index in [-0.39, 0.29) is 17.9 Å². The topological polar surface area (TPSA) is 58.4 Å². The Labute approximate surface area is 146 Å². The van der Waals surface area contributed by atoms with Gasteiger partial charge in [-0.2, -0.15) is 5.10 Å². The van der Waals surface area contributed by atoms with Gasteiger partial charge in [-0.05, 0) is 38.0 Å². The maximum atomic E-state index is 12.7. The number of aliphatic hydroxyl groups is 1. The van der Waals surface area contributed by atoms with Crippen molar-refractivity contribution in [2.75, 3.05) is 13.6 Å². The zero-order chi connectivity index (χ0) is 17.3. The Morgan fingerprint density at radius 3 is 2.83 bits per heavy atom. The predicted molar refractivity (Wildman–Crippen MR) is 93.6 cm³/mol. The number of amides is 1. The maximum Gasteiger partial charge on any atom is 0.274 e. The lowest BCUT2D eigenvalue weighted by Crippen LogP contribution is -2.34. The predicted octanol–water partition coefficient (Wildman–Crippen LogP) is 3.07. The van der Waals surface area contributed by atoms with Gasteiger partial charge < -0.3 is 10.0 Å². The van der Waals surface area contributed by atoms with E-state index in [0.29, 0.717) is 17.3 Å². The number of aryl methyl sites for hydroxylation is 1. The third kappa shape index (κ3) is 3.32. The molecule has 1 aromatic carbocycles. The Hall–Kier alpha value is -1.85. The number of benzene rings is 1. The first-order valence-corrected chi connectivity index (χ1v) is 8.60. The number of halogens is 1. The van der Waals surface area contributed by atoms with Crippen LogP contribution >= 0.6 is 11.6 Å². The Bertz CT molecular complexity index is 744. The molecule has 2 aromatic rings. The summed E-state index contributed by atoms with van der Waals surface area (Å²) in [6.07, 6.45) is 2.51. The van der Waals surface area contributed by atoms with E-state index in [1.807, 2.05) is 25.1 Å². The highest BCUT2D eigenvalue weighted by atomic mass is 35.5. The third-order valence-electron chi connectivity index (χ3n) is 4.66. The molecule has 1 aliphatic rings. The number of para-hydroxylation sites is 1. The Kier molecular flexibility index (Phi) is 4.92. The third-order valence-corrected chi connectivity index (χ3v) is 4.98. The van der Waals surface area contributed by atoms with Crippen LogP contribution in [0, 0.1) is 12.8 Å². The van der Waals surface area contributed by atoms with E-state index in [1.165, 1.54) is 0 Å². The van der Waals surface area contributed by atoms with Gasteiger partial charge in [0.05, 0.1) is 16.8 Å². The average molecular weight is 348 g/mol. The fraction of sp³-hybridized carbons (Fsp3) is 0.444. The lowest BCUT2D eigenvalue weighted by molar-refractivity contribution is 0.0688. The van der Waals surface area contributed by atoms with E-state index in [4.69, 9.17) is 11.6 Å². The quantitative estimate of drug-likeness (QED) is 0.924. The van der Waals surface area contributed by atoms with Crippen molar-refractivity contribution in [1.82, 2.24) is 14.7 Å². The zero-order valence-electron chi connectivity index (χ0n) is 13.9. The first-order valence-electron chi connectivity index (χ1n) is 8.22. The number of aliphatic hydroxyl groups excluding tert-OH is 1. The summed E-state index contributed by atoms with van der Waals surface area (Å²) in [7, 11) is 1.76. The summed E-state index contributed by atoms with van der Waals surface area (Å²) < 4.78 is 1.69. The van der Waals surface area contributed by atoms with Crippen molar-refractivity contribution >= 4 is 17.5 Å². The molecule has 3 rings (SSSR count). The Balaban J connectivity index is 1.79. The van der Waals surface area contributed by atoms with E-state index >= 15 is 0 Å². The van der Waals surface area contributed by atoms with Crippen LogP contribution in [0.15, 0.2) is 30.3 Å². The number of aromatic nitrogens is 2. The van der Waals surface area contributed by atoms with Crippen LogP contribution in [-0.2, 0) is 0 Å². The minimum absolute atomic E-state index is 0.136. The normalized spacial score (nSPS) is 20.3. The van der Waals surface area contributed by atoms with Crippen LogP contribution in [0.25, 0.3) is 5.69 Å². The van der Waals surface area contributed by atoms with Gasteiger partial charge in [-0.15, -0.1) is 0 Å². The van der Waals surface area contributed by atoms with Crippen LogP contribution in [0.3, 0.4) is 0 Å². The molecule has 0 radical (unpaired) electrons. The summed E-state index contributed by atoms with van der Waals surface area (Å²) in [4.78, 5) is 14.3. The molecule has 0 spiro atoms. The van der Waals surface area contributed by atoms with Gasteiger partial charge in [0.25, 0.3) is 5.91 Å². The Morgan fingerprint density at radius 2 is 2.17 bits per heavy atom. The molecule has 0 saturated heterocycles. The lowest BCUT2D eigenvalue weighted by Gasteiger charge is -2.22. The molecule has 1 aromatic heterocycles. The van der Waals surface area contributed by atoms with Gasteiger partial charge in [-0.3, -0.25) is 4.79 Å². The molecule has 1 aliphatic carbocycles. The number of carbonyl (C=O) groups is 1. The SMILES string of the molecule is Cc1cc(C(=O)N(C)CC2CCCC2O)nn1-c1ccccc1Cl. The molecular weight excluding hydrogens is 326 g/mol. The summed E-state index contributed by atoms with van der Waals surface area (Å²) in [6, 6.07) is 9.18. The Morgan fingerprint density at radius 1 is 1.42 bits per heavy atom. The molecular formula is C18H22ClN3O2. The van der Waals surface area contributed by atoms with E-state index in [2.05, 4.69) is 5.10 Å². The summed E-state index contributed by atoms with van der Waals surface area (Å²) in [5.74, 6) is 0.0219. The fourth-order valence-corrected chi connectivity index (χ4v) is 3.52. The van der Waals surface area contributed by atoms with Crippen LogP contribution in [0.5, 0.6) is 0 Å². The molecule has 2 atom stereocenters. The molecule has 0 aliphatic heterocycles. The van der Waals surface area contributed by atoms with Crippen LogP contribution in [0.1, 0.15) is 35.4 Å². The van der Waals surface area contributed by atoms with Gasteiger partial charge >= 0.3 is 0 Å². The molecule has 1 N–H and O–H groups in total. The van der Waals surface area contributed by atoms with E-state index in [1.54, 1.807) is 28.8 Å². The number of hydrogen-bond acceptors (Lipinski definition) is 3. The molecule has 2 unspecified atom stereocenters. The average Bonchev–Trinajstić information content (AvgIpc) is 3.13. The minimum atomic E-state index is -0.303. The smallest absolute Gasteiger partial charge is 0.274 e. The van der Waals surface area contributed by atoms with Crippen LogP contribution < -0.4 is 0 Å². The lowest BCUT2D eigenvalue weighted by atomic mass is 10.1. The molecule has 5 nitrogen and oxygen atoms in total. The van der Waals surface area contributed by atoms with Crippen molar-refractivity contribution in [3.8, 4) is 5.69 Å². The number of nitrogens with zero attached hydrogens (tertiary/aromatic N) is 3. The summed E-state index contributed by atoms with van der Waals surface area (Å²) in [6.45, 7) is 2.45. The van der Waals surface area contributed by atoms with Crippen molar-refractivity contribution in [3.05, 3.63) is 46.7 Å². The second kappa shape index (κ2) is 6.95. The highest BCUT2D eigenvalue weighted by Crippen LogP contribution is 2.26. The van der Waals surface area contributed by atoms with Crippen LogP contribution in [0.4, 0.5) is 0 Å². The molecule has 6 heteroatoms. The van der Waals surface area contributed by atoms with E-state index in [9.17, 15) is 9.90 Å². The number of carbonyl (C=O) groups excluding carboxylic acids is 1. The first kappa shape index (κ1) is 17.0. The van der Waals surface area contributed by atoms with Crippen molar-refractivity contribution in [3.63, 3.8) is 0 Å². The summed E-state index contributed by atoms with van der Waals surface area (Å²) >= 11 is 6.23. The minimum Gasteiger partial charge on any atom is -0.393 e. The second-order valence-corrected chi connectivity index (χ2v) is 6.89. The van der Waals surface area contributed by atoms with Crippen molar-refractivity contribution < 1.29 is 9.90 Å².